The van der Waals surface area contributed by atoms with Crippen LogP contribution in [0.3, 0.4) is 0 Å². The quantitative estimate of drug-likeness (QED) is 0.565. The Labute approximate surface area is 194 Å². The molecule has 0 radical (unpaired) electrons. The van der Waals surface area contributed by atoms with Crippen LogP contribution in [-0.2, 0) is 4.74 Å². The van der Waals surface area contributed by atoms with E-state index in [1.807, 2.05) is 36.4 Å². The van der Waals surface area contributed by atoms with Crippen molar-refractivity contribution >= 4 is 17.6 Å². The number of ether oxygens (including phenoxy) is 1. The van der Waals surface area contributed by atoms with E-state index in [1.165, 1.54) is 11.1 Å². The number of anilines is 1. The van der Waals surface area contributed by atoms with Crippen molar-refractivity contribution in [1.82, 2.24) is 10.2 Å². The first kappa shape index (κ1) is 22.6. The predicted molar refractivity (Wildman–Crippen MR) is 130 cm³/mol. The minimum Gasteiger partial charge on any atom is -0.378 e. The number of carbonyl (C=O) groups excluding carboxylic acids is 2. The van der Waals surface area contributed by atoms with E-state index in [4.69, 9.17) is 4.74 Å². The highest BCUT2D eigenvalue weighted by Crippen LogP contribution is 2.27. The van der Waals surface area contributed by atoms with E-state index in [-0.39, 0.29) is 17.9 Å². The van der Waals surface area contributed by atoms with Crippen molar-refractivity contribution in [3.63, 3.8) is 0 Å². The van der Waals surface area contributed by atoms with Crippen LogP contribution in [0.1, 0.15) is 33.8 Å². The Kier molecular flexibility index (Phi) is 7.72. The molecule has 6 nitrogen and oxygen atoms in total. The molecule has 3 aromatic rings. The summed E-state index contributed by atoms with van der Waals surface area (Å²) in [5.74, 6) is 0.195. The number of rotatable bonds is 7. The van der Waals surface area contributed by atoms with E-state index in [2.05, 4.69) is 34.9 Å². The molecule has 0 saturated carbocycles. The molecule has 0 spiro atoms. The zero-order valence-corrected chi connectivity index (χ0v) is 18.6. The molecule has 0 atom stereocenters. The first-order chi connectivity index (χ1) is 16.2. The molecular weight excluding hydrogens is 414 g/mol. The van der Waals surface area contributed by atoms with Gasteiger partial charge in [-0.15, -0.1) is 0 Å². The first-order valence-corrected chi connectivity index (χ1v) is 11.3. The number of hydrogen-bond donors (Lipinski definition) is 2. The van der Waals surface area contributed by atoms with Crippen molar-refractivity contribution in [2.24, 2.45) is 0 Å². The normalized spacial score (nSPS) is 13.5. The molecule has 2 N–H and O–H groups in total. The van der Waals surface area contributed by atoms with Gasteiger partial charge in [0.2, 0.25) is 0 Å². The van der Waals surface area contributed by atoms with Crippen LogP contribution in [0.4, 0.5) is 10.5 Å². The molecule has 3 aromatic carbocycles. The number of hydrogen-bond acceptors (Lipinski definition) is 3. The second-order valence-electron chi connectivity index (χ2n) is 8.03. The Morgan fingerprint density at radius 1 is 0.818 bits per heavy atom. The lowest BCUT2D eigenvalue weighted by Gasteiger charge is -2.26. The van der Waals surface area contributed by atoms with Crippen LogP contribution in [0.15, 0.2) is 84.9 Å². The fraction of sp³-hybridized carbons (Fsp3) is 0.259. The first-order valence-electron chi connectivity index (χ1n) is 11.3. The second kappa shape index (κ2) is 11.3. The van der Waals surface area contributed by atoms with Gasteiger partial charge in [0.05, 0.1) is 13.2 Å². The molecule has 0 bridgehead atoms. The van der Waals surface area contributed by atoms with Crippen molar-refractivity contribution in [1.29, 1.82) is 0 Å². The Morgan fingerprint density at radius 2 is 1.39 bits per heavy atom. The van der Waals surface area contributed by atoms with Crippen LogP contribution in [0.5, 0.6) is 0 Å². The summed E-state index contributed by atoms with van der Waals surface area (Å²) in [6, 6.07) is 27.4. The molecule has 33 heavy (non-hydrogen) atoms. The molecule has 0 aliphatic carbocycles. The fourth-order valence-corrected chi connectivity index (χ4v) is 4.05. The number of benzene rings is 3. The molecule has 0 aromatic heterocycles. The summed E-state index contributed by atoms with van der Waals surface area (Å²) in [6.07, 6.45) is 0.786. The Morgan fingerprint density at radius 3 is 1.97 bits per heavy atom. The summed E-state index contributed by atoms with van der Waals surface area (Å²) in [7, 11) is 0. The smallest absolute Gasteiger partial charge is 0.319 e. The molecule has 170 valence electrons. The molecule has 1 heterocycles. The van der Waals surface area contributed by atoms with Gasteiger partial charge in [-0.3, -0.25) is 4.79 Å². The van der Waals surface area contributed by atoms with Crippen molar-refractivity contribution < 1.29 is 14.3 Å². The summed E-state index contributed by atoms with van der Waals surface area (Å²) < 4.78 is 5.30. The van der Waals surface area contributed by atoms with E-state index in [0.29, 0.717) is 44.1 Å². The molecule has 1 fully saturated rings. The Bertz CT molecular complexity index is 994. The topological polar surface area (TPSA) is 70.7 Å². The Balaban J connectivity index is 1.30. The van der Waals surface area contributed by atoms with Gasteiger partial charge < -0.3 is 20.3 Å². The van der Waals surface area contributed by atoms with Crippen LogP contribution in [-0.4, -0.2) is 49.7 Å². The summed E-state index contributed by atoms with van der Waals surface area (Å²) in [5, 5.41) is 5.80. The largest absolute Gasteiger partial charge is 0.378 e. The highest BCUT2D eigenvalue weighted by molar-refractivity contribution is 5.95. The van der Waals surface area contributed by atoms with Gasteiger partial charge in [0.25, 0.3) is 5.91 Å². The van der Waals surface area contributed by atoms with Gasteiger partial charge in [-0.1, -0.05) is 60.7 Å². The second-order valence-corrected chi connectivity index (χ2v) is 8.03. The van der Waals surface area contributed by atoms with Crippen LogP contribution in [0, 0.1) is 0 Å². The number of carbonyl (C=O) groups is 2. The average molecular weight is 444 g/mol. The highest BCUT2D eigenvalue weighted by atomic mass is 16.5. The van der Waals surface area contributed by atoms with E-state index in [1.54, 1.807) is 29.2 Å². The Hall–Kier alpha value is -3.64. The minimum absolute atomic E-state index is 0.0119. The monoisotopic (exact) mass is 443 g/mol. The third-order valence-electron chi connectivity index (χ3n) is 5.81. The van der Waals surface area contributed by atoms with Crippen LogP contribution in [0.25, 0.3) is 0 Å². The number of nitrogens with one attached hydrogen (secondary N) is 2. The molecule has 4 rings (SSSR count). The molecule has 6 heteroatoms. The van der Waals surface area contributed by atoms with Crippen LogP contribution in [0.2, 0.25) is 0 Å². The maximum absolute atomic E-state index is 12.5. The van der Waals surface area contributed by atoms with E-state index in [9.17, 15) is 9.59 Å². The molecule has 1 aliphatic heterocycles. The lowest BCUT2D eigenvalue weighted by atomic mass is 9.88. The zero-order chi connectivity index (χ0) is 22.9. The fourth-order valence-electron chi connectivity index (χ4n) is 4.05. The summed E-state index contributed by atoms with van der Waals surface area (Å²) in [6.45, 7) is 2.89. The van der Waals surface area contributed by atoms with Gasteiger partial charge in [-0.05, 0) is 41.8 Å². The number of morpholine rings is 1. The number of urea groups is 1. The van der Waals surface area contributed by atoms with E-state index < -0.39 is 0 Å². The third kappa shape index (κ3) is 6.20. The van der Waals surface area contributed by atoms with Crippen molar-refractivity contribution in [3.05, 3.63) is 102 Å². The van der Waals surface area contributed by atoms with Gasteiger partial charge >= 0.3 is 6.03 Å². The van der Waals surface area contributed by atoms with Crippen LogP contribution >= 0.6 is 0 Å². The lowest BCUT2D eigenvalue weighted by molar-refractivity contribution is 0.0303. The summed E-state index contributed by atoms with van der Waals surface area (Å²) in [5.41, 5.74) is 3.71. The van der Waals surface area contributed by atoms with E-state index in [0.717, 1.165) is 6.42 Å². The van der Waals surface area contributed by atoms with Gasteiger partial charge in [-0.25, -0.2) is 4.79 Å². The molecule has 0 unspecified atom stereocenters. The van der Waals surface area contributed by atoms with Gasteiger partial charge in [0.1, 0.15) is 0 Å². The number of nitrogens with zero attached hydrogens (tertiary/aromatic N) is 1. The standard InChI is InChI=1S/C27H29N3O3/c31-26(30-17-19-33-20-18-30)23-11-13-24(14-12-23)29-27(32)28-16-15-25(21-7-3-1-4-8-21)22-9-5-2-6-10-22/h1-14,25H,15-20H2,(H2,28,29,32). The van der Waals surface area contributed by atoms with Crippen molar-refractivity contribution in [2.45, 2.75) is 12.3 Å². The van der Waals surface area contributed by atoms with Crippen LogP contribution < -0.4 is 10.6 Å². The predicted octanol–water partition coefficient (Wildman–Crippen LogP) is 4.50. The molecule has 1 saturated heterocycles. The van der Waals surface area contributed by atoms with Crippen molar-refractivity contribution in [3.8, 4) is 0 Å². The summed E-state index contributed by atoms with van der Waals surface area (Å²) >= 11 is 0. The summed E-state index contributed by atoms with van der Waals surface area (Å²) in [4.78, 5) is 26.8. The maximum Gasteiger partial charge on any atom is 0.319 e. The van der Waals surface area contributed by atoms with Crippen molar-refractivity contribution in [2.75, 3.05) is 38.2 Å². The highest BCUT2D eigenvalue weighted by Gasteiger charge is 2.18. The van der Waals surface area contributed by atoms with E-state index >= 15 is 0 Å². The molecule has 1 aliphatic rings. The molecule has 3 amide bonds. The molecular formula is C27H29N3O3. The average Bonchev–Trinajstić information content (AvgIpc) is 2.88. The van der Waals surface area contributed by atoms with Gasteiger partial charge in [-0.2, -0.15) is 0 Å². The van der Waals surface area contributed by atoms with Gasteiger partial charge in [0.15, 0.2) is 0 Å². The minimum atomic E-state index is -0.262. The lowest BCUT2D eigenvalue weighted by Crippen LogP contribution is -2.40. The number of amides is 3. The zero-order valence-electron chi connectivity index (χ0n) is 18.6. The third-order valence-corrected chi connectivity index (χ3v) is 5.81. The maximum atomic E-state index is 12.5. The van der Waals surface area contributed by atoms with Gasteiger partial charge in [0, 0.05) is 36.8 Å². The SMILES string of the molecule is O=C(NCCC(c1ccccc1)c1ccccc1)Nc1ccc(C(=O)N2CCOCC2)cc1.